The van der Waals surface area contributed by atoms with Crippen molar-refractivity contribution in [2.45, 2.75) is 44.4 Å². The molecule has 7 nitrogen and oxygen atoms in total. The van der Waals surface area contributed by atoms with Crippen LogP contribution in [0, 0.1) is 18.2 Å². The molecule has 3 aliphatic rings. The minimum atomic E-state index is -0.732. The fourth-order valence-electron chi connectivity index (χ4n) is 5.11. The molecule has 2 atom stereocenters. The minimum Gasteiger partial charge on any atom is -0.484 e. The number of hydrogen-bond acceptors (Lipinski definition) is 5. The standard InChI is InChI=1S/C25H26ClFN2O5/c1-14-2-5-21-17(6-14)20(30)8-22(34-21)24(32)28-15-9-25(10-15)12-29(13-25)23(31)11-33-16-3-4-18(26)19(27)7-16/h2-7,15,20,22,30H,8-13H2,1H3,(H,28,32)/t20-,22-/m1/s1. The van der Waals surface area contributed by atoms with E-state index in [4.69, 9.17) is 21.1 Å². The lowest BCUT2D eigenvalue weighted by molar-refractivity contribution is -0.156. The van der Waals surface area contributed by atoms with Gasteiger partial charge in [-0.1, -0.05) is 23.2 Å². The van der Waals surface area contributed by atoms with Crippen LogP contribution in [0.4, 0.5) is 4.39 Å². The highest BCUT2D eigenvalue weighted by Gasteiger charge is 2.54. The third-order valence-corrected chi connectivity index (χ3v) is 7.19. The third kappa shape index (κ3) is 4.44. The molecule has 2 N–H and O–H groups in total. The molecule has 0 aromatic heterocycles. The van der Waals surface area contributed by atoms with Crippen LogP contribution in [-0.4, -0.2) is 53.7 Å². The summed E-state index contributed by atoms with van der Waals surface area (Å²) in [5, 5.41) is 13.5. The van der Waals surface area contributed by atoms with Crippen molar-refractivity contribution >= 4 is 23.4 Å². The number of ether oxygens (including phenoxy) is 2. The van der Waals surface area contributed by atoms with E-state index in [2.05, 4.69) is 5.32 Å². The van der Waals surface area contributed by atoms with E-state index < -0.39 is 18.0 Å². The van der Waals surface area contributed by atoms with Crippen molar-refractivity contribution in [1.82, 2.24) is 10.2 Å². The number of rotatable bonds is 5. The molecule has 1 spiro atoms. The van der Waals surface area contributed by atoms with Crippen LogP contribution in [0.1, 0.15) is 36.5 Å². The van der Waals surface area contributed by atoms with Crippen LogP contribution in [0.3, 0.4) is 0 Å². The van der Waals surface area contributed by atoms with Crippen molar-refractivity contribution < 1.29 is 28.6 Å². The van der Waals surface area contributed by atoms with Crippen molar-refractivity contribution in [3.8, 4) is 11.5 Å². The summed E-state index contributed by atoms with van der Waals surface area (Å²) in [4.78, 5) is 26.8. The number of aliphatic hydroxyl groups is 1. The fraction of sp³-hybridized carbons (Fsp3) is 0.440. The Balaban J connectivity index is 1.05. The van der Waals surface area contributed by atoms with Crippen LogP contribution in [-0.2, 0) is 9.59 Å². The second-order valence-corrected chi connectivity index (χ2v) is 10.0. The second-order valence-electron chi connectivity index (χ2n) is 9.63. The molecule has 0 radical (unpaired) electrons. The molecular weight excluding hydrogens is 463 g/mol. The predicted octanol–water partition coefficient (Wildman–Crippen LogP) is 3.16. The number of amides is 2. The maximum atomic E-state index is 13.5. The average Bonchev–Trinajstić information content (AvgIpc) is 2.75. The maximum absolute atomic E-state index is 13.5. The number of aliphatic hydroxyl groups excluding tert-OH is 1. The van der Waals surface area contributed by atoms with Crippen molar-refractivity contribution in [3.05, 3.63) is 58.4 Å². The predicted molar refractivity (Wildman–Crippen MR) is 122 cm³/mol. The van der Waals surface area contributed by atoms with E-state index >= 15 is 0 Å². The summed E-state index contributed by atoms with van der Waals surface area (Å²) in [7, 11) is 0. The Morgan fingerprint density at radius 1 is 1.26 bits per heavy atom. The first kappa shape index (κ1) is 22.9. The van der Waals surface area contributed by atoms with E-state index in [9.17, 15) is 19.1 Å². The molecule has 2 heterocycles. The zero-order valence-electron chi connectivity index (χ0n) is 18.7. The monoisotopic (exact) mass is 488 g/mol. The number of hydrogen-bond donors (Lipinski definition) is 2. The molecule has 1 saturated heterocycles. The Kier molecular flexibility index (Phi) is 5.90. The van der Waals surface area contributed by atoms with Gasteiger partial charge in [0.15, 0.2) is 12.7 Å². The number of carbonyl (C=O) groups is 2. The molecule has 1 saturated carbocycles. The normalized spacial score (nSPS) is 22.8. The van der Waals surface area contributed by atoms with E-state index in [1.165, 1.54) is 12.1 Å². The average molecular weight is 489 g/mol. The van der Waals surface area contributed by atoms with Gasteiger partial charge in [-0.2, -0.15) is 0 Å². The van der Waals surface area contributed by atoms with E-state index in [1.807, 2.05) is 19.1 Å². The summed E-state index contributed by atoms with van der Waals surface area (Å²) in [6, 6.07) is 9.65. The summed E-state index contributed by atoms with van der Waals surface area (Å²) < 4.78 is 24.7. The van der Waals surface area contributed by atoms with Gasteiger partial charge in [0.25, 0.3) is 11.8 Å². The second kappa shape index (κ2) is 8.74. The van der Waals surface area contributed by atoms with Crippen molar-refractivity contribution in [3.63, 3.8) is 0 Å². The van der Waals surface area contributed by atoms with Crippen LogP contribution in [0.2, 0.25) is 5.02 Å². The molecule has 2 amide bonds. The summed E-state index contributed by atoms with van der Waals surface area (Å²) in [5.41, 5.74) is 1.77. The first-order chi connectivity index (χ1) is 16.2. The molecule has 34 heavy (non-hydrogen) atoms. The maximum Gasteiger partial charge on any atom is 0.261 e. The zero-order chi connectivity index (χ0) is 24.0. The van der Waals surface area contributed by atoms with Gasteiger partial charge >= 0.3 is 0 Å². The molecule has 1 aliphatic carbocycles. The minimum absolute atomic E-state index is 0.00103. The van der Waals surface area contributed by atoms with Gasteiger partial charge in [-0.05, 0) is 44.0 Å². The molecule has 0 unspecified atom stereocenters. The number of nitrogens with zero attached hydrogens (tertiary/aromatic N) is 1. The first-order valence-corrected chi connectivity index (χ1v) is 11.7. The van der Waals surface area contributed by atoms with Gasteiger partial charge in [0, 0.05) is 42.6 Å². The number of carbonyl (C=O) groups excluding carboxylic acids is 2. The van der Waals surface area contributed by atoms with Crippen molar-refractivity contribution in [2.75, 3.05) is 19.7 Å². The quantitative estimate of drug-likeness (QED) is 0.675. The van der Waals surface area contributed by atoms with Gasteiger partial charge in [-0.3, -0.25) is 9.59 Å². The van der Waals surface area contributed by atoms with Crippen LogP contribution >= 0.6 is 11.6 Å². The van der Waals surface area contributed by atoms with E-state index in [1.54, 1.807) is 11.0 Å². The van der Waals surface area contributed by atoms with Gasteiger partial charge in [0.05, 0.1) is 11.1 Å². The molecule has 2 aromatic rings. The number of likely N-dealkylation sites (tertiary alicyclic amines) is 1. The van der Waals surface area contributed by atoms with Gasteiger partial charge in [0.2, 0.25) is 0 Å². The lowest BCUT2D eigenvalue weighted by atomic mass is 9.60. The molecule has 0 bridgehead atoms. The summed E-state index contributed by atoms with van der Waals surface area (Å²) >= 11 is 5.65. The summed E-state index contributed by atoms with van der Waals surface area (Å²) in [5.74, 6) is -0.173. The third-order valence-electron chi connectivity index (χ3n) is 6.89. The Morgan fingerprint density at radius 2 is 2.03 bits per heavy atom. The largest absolute Gasteiger partial charge is 0.484 e. The number of benzene rings is 2. The highest BCUT2D eigenvalue weighted by Crippen LogP contribution is 2.48. The van der Waals surface area contributed by atoms with Gasteiger partial charge < -0.3 is 24.8 Å². The van der Waals surface area contributed by atoms with E-state index in [0.29, 0.717) is 18.8 Å². The Morgan fingerprint density at radius 3 is 2.76 bits per heavy atom. The van der Waals surface area contributed by atoms with Gasteiger partial charge in [0.1, 0.15) is 17.3 Å². The Labute approximate surface area is 201 Å². The molecule has 9 heteroatoms. The summed E-state index contributed by atoms with van der Waals surface area (Å²) in [6.07, 6.45) is 0.342. The number of aryl methyl sites for hydroxylation is 1. The van der Waals surface area contributed by atoms with Gasteiger partial charge in [-0.15, -0.1) is 0 Å². The van der Waals surface area contributed by atoms with Crippen molar-refractivity contribution in [1.29, 1.82) is 0 Å². The highest BCUT2D eigenvalue weighted by atomic mass is 35.5. The zero-order valence-corrected chi connectivity index (χ0v) is 19.5. The lowest BCUT2D eigenvalue weighted by Gasteiger charge is -2.59. The first-order valence-electron chi connectivity index (χ1n) is 11.3. The van der Waals surface area contributed by atoms with Crippen LogP contribution in [0.25, 0.3) is 0 Å². The van der Waals surface area contributed by atoms with Crippen LogP contribution in [0.15, 0.2) is 36.4 Å². The molecule has 2 aliphatic heterocycles. The van der Waals surface area contributed by atoms with Crippen LogP contribution in [0.5, 0.6) is 11.5 Å². The fourth-order valence-corrected chi connectivity index (χ4v) is 5.23. The lowest BCUT2D eigenvalue weighted by Crippen LogP contribution is -2.68. The number of nitrogens with one attached hydrogen (secondary N) is 1. The Bertz CT molecular complexity index is 1130. The Hall–Kier alpha value is -2.84. The van der Waals surface area contributed by atoms with Gasteiger partial charge in [-0.25, -0.2) is 4.39 Å². The van der Waals surface area contributed by atoms with Crippen molar-refractivity contribution in [2.24, 2.45) is 5.41 Å². The summed E-state index contributed by atoms with van der Waals surface area (Å²) in [6.45, 7) is 3.00. The number of halogens is 2. The molecule has 180 valence electrons. The number of fused-ring (bicyclic) bond motifs is 1. The smallest absolute Gasteiger partial charge is 0.261 e. The molecule has 5 rings (SSSR count). The van der Waals surface area contributed by atoms with E-state index in [-0.39, 0.29) is 47.1 Å². The SMILES string of the molecule is Cc1ccc2c(c1)[C@H](O)C[C@H](C(=O)NC1CC3(C1)CN(C(=O)COc1ccc(Cl)c(F)c1)C3)O2. The highest BCUT2D eigenvalue weighted by molar-refractivity contribution is 6.30. The van der Waals surface area contributed by atoms with E-state index in [0.717, 1.165) is 30.0 Å². The molecular formula is C25H26ClFN2O5. The topological polar surface area (TPSA) is 88.1 Å². The van der Waals surface area contributed by atoms with Crippen LogP contribution < -0.4 is 14.8 Å². The molecule has 2 aromatic carbocycles. The molecule has 2 fully saturated rings.